The van der Waals surface area contributed by atoms with E-state index >= 15 is 0 Å². The van der Waals surface area contributed by atoms with Gasteiger partial charge in [0.2, 0.25) is 0 Å². The van der Waals surface area contributed by atoms with E-state index in [0.717, 1.165) is 6.07 Å². The maximum absolute atomic E-state index is 14.3. The van der Waals surface area contributed by atoms with Crippen molar-refractivity contribution in [2.45, 2.75) is 6.92 Å². The van der Waals surface area contributed by atoms with Crippen LogP contribution in [0.3, 0.4) is 0 Å². The standard InChI is InChI=1S/C17H11F2N5/c1-10-17-23-15(12-3-2-11(18)8-13(12)19)16(24(17)7-6-21-10)14-4-5-20-9-22-14/h2-9H,1H3. The molecule has 5 nitrogen and oxygen atoms in total. The Balaban J connectivity index is 2.10. The molecule has 0 atom stereocenters. The van der Waals surface area contributed by atoms with E-state index in [1.54, 1.807) is 29.1 Å². The average Bonchev–Trinajstić information content (AvgIpc) is 2.96. The predicted octanol–water partition coefficient (Wildman–Crippen LogP) is 3.44. The topological polar surface area (TPSA) is 56.0 Å². The van der Waals surface area contributed by atoms with Crippen LogP contribution in [-0.2, 0) is 0 Å². The fourth-order valence-electron chi connectivity index (χ4n) is 2.65. The minimum absolute atomic E-state index is 0.202. The number of aryl methyl sites for hydroxylation is 1. The molecule has 0 bridgehead atoms. The van der Waals surface area contributed by atoms with Crippen LogP contribution in [0.4, 0.5) is 8.78 Å². The predicted molar refractivity (Wildman–Crippen MR) is 84.1 cm³/mol. The van der Waals surface area contributed by atoms with Crippen LogP contribution >= 0.6 is 0 Å². The number of hydrogen-bond acceptors (Lipinski definition) is 4. The van der Waals surface area contributed by atoms with Gasteiger partial charge in [-0.05, 0) is 25.1 Å². The summed E-state index contributed by atoms with van der Waals surface area (Å²) in [6.07, 6.45) is 6.38. The van der Waals surface area contributed by atoms with Crippen LogP contribution in [0.5, 0.6) is 0 Å². The lowest BCUT2D eigenvalue weighted by molar-refractivity contribution is 0.585. The number of imidazole rings is 1. The Kier molecular flexibility index (Phi) is 3.26. The lowest BCUT2D eigenvalue weighted by atomic mass is 10.1. The molecule has 0 spiro atoms. The average molecular weight is 323 g/mol. The van der Waals surface area contributed by atoms with Crippen molar-refractivity contribution >= 4 is 5.65 Å². The van der Waals surface area contributed by atoms with E-state index < -0.39 is 11.6 Å². The van der Waals surface area contributed by atoms with E-state index in [4.69, 9.17) is 0 Å². The number of hydrogen-bond donors (Lipinski definition) is 0. The zero-order valence-corrected chi connectivity index (χ0v) is 12.6. The van der Waals surface area contributed by atoms with E-state index in [2.05, 4.69) is 19.9 Å². The van der Waals surface area contributed by atoms with Gasteiger partial charge in [-0.25, -0.2) is 23.7 Å². The molecule has 0 saturated carbocycles. The SMILES string of the molecule is Cc1nccn2c(-c3ccncn3)c(-c3ccc(F)cc3F)nc12. The van der Waals surface area contributed by atoms with Crippen molar-refractivity contribution in [3.63, 3.8) is 0 Å². The maximum atomic E-state index is 14.3. The van der Waals surface area contributed by atoms with Crippen LogP contribution in [0.2, 0.25) is 0 Å². The first kappa shape index (κ1) is 14.4. The summed E-state index contributed by atoms with van der Waals surface area (Å²) < 4.78 is 29.4. The smallest absolute Gasteiger partial charge is 0.159 e. The van der Waals surface area contributed by atoms with Crippen LogP contribution in [-0.4, -0.2) is 24.3 Å². The minimum atomic E-state index is -0.681. The summed E-state index contributed by atoms with van der Waals surface area (Å²) in [5.41, 5.74) is 3.05. The van der Waals surface area contributed by atoms with Crippen molar-refractivity contribution in [2.75, 3.05) is 0 Å². The second kappa shape index (κ2) is 5.45. The van der Waals surface area contributed by atoms with E-state index in [1.165, 1.54) is 18.5 Å². The van der Waals surface area contributed by atoms with Gasteiger partial charge in [-0.3, -0.25) is 9.38 Å². The molecule has 0 aliphatic heterocycles. The highest BCUT2D eigenvalue weighted by atomic mass is 19.1. The fraction of sp³-hybridized carbons (Fsp3) is 0.0588. The fourth-order valence-corrected chi connectivity index (χ4v) is 2.65. The Labute approximate surface area is 135 Å². The summed E-state index contributed by atoms with van der Waals surface area (Å²) in [7, 11) is 0. The summed E-state index contributed by atoms with van der Waals surface area (Å²) in [6, 6.07) is 5.13. The first-order valence-corrected chi connectivity index (χ1v) is 7.20. The number of benzene rings is 1. The largest absolute Gasteiger partial charge is 0.295 e. The molecule has 0 fully saturated rings. The zero-order valence-electron chi connectivity index (χ0n) is 12.6. The molecule has 0 amide bonds. The molecular formula is C17H11F2N5. The summed E-state index contributed by atoms with van der Waals surface area (Å²) in [6.45, 7) is 1.82. The van der Waals surface area contributed by atoms with Gasteiger partial charge < -0.3 is 0 Å². The van der Waals surface area contributed by atoms with Crippen LogP contribution < -0.4 is 0 Å². The first-order chi connectivity index (χ1) is 11.6. The van der Waals surface area contributed by atoms with Crippen LogP contribution in [0.1, 0.15) is 5.69 Å². The van der Waals surface area contributed by atoms with Crippen molar-refractivity contribution in [3.8, 4) is 22.6 Å². The molecule has 7 heteroatoms. The molecule has 4 aromatic rings. The van der Waals surface area contributed by atoms with Crippen molar-refractivity contribution in [2.24, 2.45) is 0 Å². The first-order valence-electron chi connectivity index (χ1n) is 7.20. The van der Waals surface area contributed by atoms with Gasteiger partial charge in [0.25, 0.3) is 0 Å². The van der Waals surface area contributed by atoms with E-state index in [1.807, 2.05) is 6.92 Å². The Hall–Kier alpha value is -3.22. The second-order valence-electron chi connectivity index (χ2n) is 5.23. The van der Waals surface area contributed by atoms with Crippen molar-refractivity contribution in [3.05, 3.63) is 66.5 Å². The molecule has 3 aromatic heterocycles. The van der Waals surface area contributed by atoms with Crippen molar-refractivity contribution in [1.29, 1.82) is 0 Å². The highest BCUT2D eigenvalue weighted by Gasteiger charge is 2.20. The molecule has 0 unspecified atom stereocenters. The maximum Gasteiger partial charge on any atom is 0.159 e. The molecule has 0 saturated heterocycles. The van der Waals surface area contributed by atoms with E-state index in [9.17, 15) is 8.78 Å². The molecule has 4 rings (SSSR count). The van der Waals surface area contributed by atoms with Crippen LogP contribution in [0.15, 0.2) is 49.2 Å². The number of rotatable bonds is 2. The molecule has 24 heavy (non-hydrogen) atoms. The highest BCUT2D eigenvalue weighted by Crippen LogP contribution is 2.33. The van der Waals surface area contributed by atoms with Crippen LogP contribution in [0.25, 0.3) is 28.3 Å². The molecule has 0 aliphatic carbocycles. The van der Waals surface area contributed by atoms with Gasteiger partial charge in [0, 0.05) is 30.2 Å². The molecule has 1 aromatic carbocycles. The van der Waals surface area contributed by atoms with Gasteiger partial charge in [-0.15, -0.1) is 0 Å². The monoisotopic (exact) mass is 323 g/mol. The zero-order chi connectivity index (χ0) is 16.7. The Morgan fingerprint density at radius 2 is 1.92 bits per heavy atom. The molecule has 118 valence electrons. The molecule has 0 N–H and O–H groups in total. The Morgan fingerprint density at radius 1 is 1.04 bits per heavy atom. The highest BCUT2D eigenvalue weighted by molar-refractivity contribution is 5.81. The summed E-state index contributed by atoms with van der Waals surface area (Å²) in [5, 5.41) is 0. The molecule has 0 radical (unpaired) electrons. The third kappa shape index (κ3) is 2.21. The van der Waals surface area contributed by atoms with Gasteiger partial charge in [0.05, 0.1) is 17.1 Å². The lowest BCUT2D eigenvalue weighted by Crippen LogP contribution is -1.95. The molecule has 3 heterocycles. The summed E-state index contributed by atoms with van der Waals surface area (Å²) in [5.74, 6) is -1.32. The third-order valence-corrected chi connectivity index (χ3v) is 3.73. The number of nitrogens with zero attached hydrogens (tertiary/aromatic N) is 5. The van der Waals surface area contributed by atoms with Gasteiger partial charge in [0.15, 0.2) is 5.65 Å². The van der Waals surface area contributed by atoms with E-state index in [0.29, 0.717) is 28.4 Å². The van der Waals surface area contributed by atoms with Gasteiger partial charge in [-0.2, -0.15) is 0 Å². The summed E-state index contributed by atoms with van der Waals surface area (Å²) >= 11 is 0. The molecular weight excluding hydrogens is 312 g/mol. The van der Waals surface area contributed by atoms with Crippen molar-refractivity contribution < 1.29 is 8.78 Å². The Morgan fingerprint density at radius 3 is 2.67 bits per heavy atom. The van der Waals surface area contributed by atoms with Gasteiger partial charge in [-0.1, -0.05) is 0 Å². The number of fused-ring (bicyclic) bond motifs is 1. The normalized spacial score (nSPS) is 11.1. The van der Waals surface area contributed by atoms with Crippen molar-refractivity contribution in [1.82, 2.24) is 24.3 Å². The van der Waals surface area contributed by atoms with Crippen LogP contribution in [0, 0.1) is 18.6 Å². The molecule has 0 aliphatic rings. The number of halogens is 2. The third-order valence-electron chi connectivity index (χ3n) is 3.73. The lowest BCUT2D eigenvalue weighted by Gasteiger charge is -2.05. The Bertz CT molecular complexity index is 1040. The van der Waals surface area contributed by atoms with Gasteiger partial charge in [0.1, 0.15) is 23.7 Å². The minimum Gasteiger partial charge on any atom is -0.295 e. The van der Waals surface area contributed by atoms with Gasteiger partial charge >= 0.3 is 0 Å². The quantitative estimate of drug-likeness (QED) is 0.567. The second-order valence-corrected chi connectivity index (χ2v) is 5.23. The number of aromatic nitrogens is 5. The van der Waals surface area contributed by atoms with E-state index in [-0.39, 0.29) is 5.56 Å². The summed E-state index contributed by atoms with van der Waals surface area (Å²) in [4.78, 5) is 16.9.